The summed E-state index contributed by atoms with van der Waals surface area (Å²) in [6, 6.07) is -0.485. The van der Waals surface area contributed by atoms with Gasteiger partial charge in [-0.3, -0.25) is 4.79 Å². The Labute approximate surface area is 86.0 Å². The van der Waals surface area contributed by atoms with Crippen LogP contribution in [0.25, 0.3) is 0 Å². The van der Waals surface area contributed by atoms with Crippen LogP contribution in [0.15, 0.2) is 0 Å². The number of rotatable bonds is 4. The maximum Gasteiger partial charge on any atom is 0.322 e. The van der Waals surface area contributed by atoms with E-state index in [4.69, 9.17) is 10.5 Å². The van der Waals surface area contributed by atoms with Crippen molar-refractivity contribution in [3.63, 3.8) is 0 Å². The van der Waals surface area contributed by atoms with Gasteiger partial charge in [0.2, 0.25) is 0 Å². The molecule has 14 heavy (non-hydrogen) atoms. The van der Waals surface area contributed by atoms with Gasteiger partial charge in [-0.2, -0.15) is 0 Å². The van der Waals surface area contributed by atoms with E-state index >= 15 is 0 Å². The zero-order chi connectivity index (χ0) is 10.4. The van der Waals surface area contributed by atoms with E-state index in [2.05, 4.69) is 0 Å². The third-order valence-corrected chi connectivity index (χ3v) is 2.87. The van der Waals surface area contributed by atoms with Crippen LogP contribution < -0.4 is 5.73 Å². The average Bonchev–Trinajstić information content (AvgIpc) is 2.19. The van der Waals surface area contributed by atoms with Gasteiger partial charge >= 0.3 is 5.97 Å². The Morgan fingerprint density at radius 3 is 2.64 bits per heavy atom. The molecule has 0 spiro atoms. The van der Waals surface area contributed by atoms with Crippen LogP contribution >= 0.6 is 0 Å². The van der Waals surface area contributed by atoms with Crippen LogP contribution in [0.1, 0.15) is 45.4 Å². The SMILES string of the molecule is C[C@H](N)C(=O)OCCC1CCCCC1. The van der Waals surface area contributed by atoms with Crippen molar-refractivity contribution in [1.29, 1.82) is 0 Å². The van der Waals surface area contributed by atoms with Crippen LogP contribution in [-0.4, -0.2) is 18.6 Å². The molecule has 1 aliphatic rings. The molecule has 0 radical (unpaired) electrons. The molecule has 0 saturated heterocycles. The Hall–Kier alpha value is -0.570. The highest BCUT2D eigenvalue weighted by Gasteiger charge is 2.14. The number of hydrogen-bond acceptors (Lipinski definition) is 3. The fraction of sp³-hybridized carbons (Fsp3) is 0.909. The summed E-state index contributed by atoms with van der Waals surface area (Å²) in [6.07, 6.45) is 7.66. The summed E-state index contributed by atoms with van der Waals surface area (Å²) < 4.78 is 5.04. The molecule has 0 aromatic carbocycles. The van der Waals surface area contributed by atoms with Gasteiger partial charge in [-0.1, -0.05) is 32.1 Å². The number of nitrogens with two attached hydrogens (primary N) is 1. The molecule has 0 aromatic heterocycles. The maximum absolute atomic E-state index is 11.0. The average molecular weight is 199 g/mol. The number of hydrogen-bond donors (Lipinski definition) is 1. The molecule has 1 aliphatic carbocycles. The molecule has 0 bridgehead atoms. The molecule has 0 aromatic rings. The monoisotopic (exact) mass is 199 g/mol. The molecule has 1 fully saturated rings. The standard InChI is InChI=1S/C11H21NO2/c1-9(12)11(13)14-8-7-10-5-3-2-4-6-10/h9-10H,2-8,12H2,1H3/t9-/m0/s1. The quantitative estimate of drug-likeness (QED) is 0.703. The van der Waals surface area contributed by atoms with E-state index in [1.54, 1.807) is 6.92 Å². The Bertz CT molecular complexity index is 174. The number of ether oxygens (including phenoxy) is 1. The highest BCUT2D eigenvalue weighted by molar-refractivity contribution is 5.74. The third kappa shape index (κ3) is 4.09. The van der Waals surface area contributed by atoms with Crippen molar-refractivity contribution >= 4 is 5.97 Å². The second-order valence-electron chi connectivity index (χ2n) is 4.25. The summed E-state index contributed by atoms with van der Waals surface area (Å²) in [5.41, 5.74) is 5.38. The molecule has 1 saturated carbocycles. The highest BCUT2D eigenvalue weighted by Crippen LogP contribution is 2.25. The predicted molar refractivity (Wildman–Crippen MR) is 55.8 cm³/mol. The van der Waals surface area contributed by atoms with Crippen molar-refractivity contribution in [1.82, 2.24) is 0 Å². The number of carbonyl (C=O) groups excluding carboxylic acids is 1. The number of esters is 1. The van der Waals surface area contributed by atoms with Gasteiger partial charge in [-0.25, -0.2) is 0 Å². The fourth-order valence-corrected chi connectivity index (χ4v) is 1.93. The molecule has 3 heteroatoms. The summed E-state index contributed by atoms with van der Waals surface area (Å²) in [5, 5.41) is 0. The smallest absolute Gasteiger partial charge is 0.322 e. The summed E-state index contributed by atoms with van der Waals surface area (Å²) >= 11 is 0. The first kappa shape index (κ1) is 11.5. The van der Waals surface area contributed by atoms with E-state index < -0.39 is 6.04 Å². The lowest BCUT2D eigenvalue weighted by Gasteiger charge is -2.21. The molecular weight excluding hydrogens is 178 g/mol. The second kappa shape index (κ2) is 6.02. The van der Waals surface area contributed by atoms with Gasteiger partial charge in [-0.15, -0.1) is 0 Å². The van der Waals surface area contributed by atoms with Gasteiger partial charge in [0.25, 0.3) is 0 Å². The normalized spacial score (nSPS) is 20.4. The summed E-state index contributed by atoms with van der Waals surface area (Å²) in [4.78, 5) is 11.0. The van der Waals surface area contributed by atoms with Crippen molar-refractivity contribution in [3.8, 4) is 0 Å². The Balaban J connectivity index is 2.05. The lowest BCUT2D eigenvalue weighted by Crippen LogP contribution is -2.29. The van der Waals surface area contributed by atoms with Crippen molar-refractivity contribution in [3.05, 3.63) is 0 Å². The summed E-state index contributed by atoms with van der Waals surface area (Å²) in [5.74, 6) is 0.491. The highest BCUT2D eigenvalue weighted by atomic mass is 16.5. The topological polar surface area (TPSA) is 52.3 Å². The van der Waals surface area contributed by atoms with Crippen LogP contribution in [0.2, 0.25) is 0 Å². The van der Waals surface area contributed by atoms with Gasteiger partial charge in [0.15, 0.2) is 0 Å². The molecule has 82 valence electrons. The maximum atomic E-state index is 11.0. The Kier molecular flexibility index (Phi) is 4.94. The van der Waals surface area contributed by atoms with Gasteiger partial charge in [0.1, 0.15) is 6.04 Å². The van der Waals surface area contributed by atoms with E-state index in [9.17, 15) is 4.79 Å². The fourth-order valence-electron chi connectivity index (χ4n) is 1.93. The molecule has 0 aliphatic heterocycles. The molecule has 3 nitrogen and oxygen atoms in total. The van der Waals surface area contributed by atoms with E-state index in [-0.39, 0.29) is 5.97 Å². The third-order valence-electron chi connectivity index (χ3n) is 2.87. The predicted octanol–water partition coefficient (Wildman–Crippen LogP) is 1.85. The van der Waals surface area contributed by atoms with Crippen LogP contribution in [-0.2, 0) is 9.53 Å². The lowest BCUT2D eigenvalue weighted by atomic mass is 9.87. The van der Waals surface area contributed by atoms with Crippen molar-refractivity contribution in [2.45, 2.75) is 51.5 Å². The number of carbonyl (C=O) groups is 1. The van der Waals surface area contributed by atoms with Gasteiger partial charge in [0, 0.05) is 0 Å². The zero-order valence-corrected chi connectivity index (χ0v) is 9.00. The van der Waals surface area contributed by atoms with Gasteiger partial charge in [0.05, 0.1) is 6.61 Å². The van der Waals surface area contributed by atoms with E-state index in [1.165, 1.54) is 32.1 Å². The Morgan fingerprint density at radius 2 is 2.07 bits per heavy atom. The van der Waals surface area contributed by atoms with Crippen molar-refractivity contribution < 1.29 is 9.53 Å². The van der Waals surface area contributed by atoms with Crippen LogP contribution in [0.4, 0.5) is 0 Å². The molecule has 0 amide bonds. The minimum atomic E-state index is -0.485. The van der Waals surface area contributed by atoms with E-state index in [1.807, 2.05) is 0 Å². The molecule has 2 N–H and O–H groups in total. The second-order valence-corrected chi connectivity index (χ2v) is 4.25. The molecule has 1 atom stereocenters. The Morgan fingerprint density at radius 1 is 1.43 bits per heavy atom. The van der Waals surface area contributed by atoms with E-state index in [0.29, 0.717) is 6.61 Å². The van der Waals surface area contributed by atoms with Crippen LogP contribution in [0.3, 0.4) is 0 Å². The van der Waals surface area contributed by atoms with Crippen LogP contribution in [0.5, 0.6) is 0 Å². The first-order valence-corrected chi connectivity index (χ1v) is 5.62. The van der Waals surface area contributed by atoms with Crippen molar-refractivity contribution in [2.75, 3.05) is 6.61 Å². The van der Waals surface area contributed by atoms with Crippen molar-refractivity contribution in [2.24, 2.45) is 11.7 Å². The van der Waals surface area contributed by atoms with Gasteiger partial charge < -0.3 is 10.5 Å². The first-order valence-electron chi connectivity index (χ1n) is 5.62. The first-order chi connectivity index (χ1) is 6.70. The molecule has 0 heterocycles. The van der Waals surface area contributed by atoms with Crippen LogP contribution in [0, 0.1) is 5.92 Å². The summed E-state index contributed by atoms with van der Waals surface area (Å²) in [6.45, 7) is 2.20. The zero-order valence-electron chi connectivity index (χ0n) is 9.00. The largest absolute Gasteiger partial charge is 0.465 e. The lowest BCUT2D eigenvalue weighted by molar-refractivity contribution is -0.145. The minimum Gasteiger partial charge on any atom is -0.465 e. The molecule has 0 unspecified atom stereocenters. The summed E-state index contributed by atoms with van der Waals surface area (Å²) in [7, 11) is 0. The molecule has 1 rings (SSSR count). The molecular formula is C11H21NO2. The minimum absolute atomic E-state index is 0.277. The van der Waals surface area contributed by atoms with E-state index in [0.717, 1.165) is 12.3 Å². The van der Waals surface area contributed by atoms with Gasteiger partial charge in [-0.05, 0) is 19.3 Å².